The van der Waals surface area contributed by atoms with Crippen LogP contribution in [0.25, 0.3) is 0 Å². The van der Waals surface area contributed by atoms with E-state index in [9.17, 15) is 20.1 Å². The zero-order valence-corrected chi connectivity index (χ0v) is 20.1. The van der Waals surface area contributed by atoms with Crippen LogP contribution in [0.1, 0.15) is 34.6 Å². The number of nitrogens with one attached hydrogen (secondary N) is 1. The molecule has 0 aromatic rings. The number of aliphatic hydroxyl groups is 5. The highest BCUT2D eigenvalue weighted by Gasteiger charge is 2.44. The third kappa shape index (κ3) is 44.3. The van der Waals surface area contributed by atoms with Crippen molar-refractivity contribution in [1.29, 1.82) is 0 Å². The molecule has 214 valence electrons. The number of ether oxygens (including phenoxy) is 1. The highest BCUT2D eigenvalue weighted by Crippen LogP contribution is 2.19. The predicted octanol–water partition coefficient (Wildman–Crippen LogP) is -3.65. The van der Waals surface area contributed by atoms with Crippen LogP contribution in [-0.2, 0) is 33.5 Å². The van der Waals surface area contributed by atoms with Crippen molar-refractivity contribution in [3.05, 3.63) is 0 Å². The lowest BCUT2D eigenvalue weighted by Crippen LogP contribution is -2.64. The first-order valence-electron chi connectivity index (χ1n) is 9.36. The zero-order valence-electron chi connectivity index (χ0n) is 20.1. The van der Waals surface area contributed by atoms with Crippen molar-refractivity contribution in [2.24, 2.45) is 0 Å². The molecule has 1 aliphatic rings. The topological polar surface area (TPSA) is 326 Å². The van der Waals surface area contributed by atoms with Crippen LogP contribution in [0.15, 0.2) is 0 Å². The molecule has 1 unspecified atom stereocenters. The Morgan fingerprint density at radius 2 is 0.917 bits per heavy atom. The van der Waals surface area contributed by atoms with E-state index in [1.165, 1.54) is 0 Å². The van der Waals surface area contributed by atoms with Gasteiger partial charge in [-0.1, -0.05) is 0 Å². The Morgan fingerprint density at radius 3 is 1.14 bits per heavy atom. The lowest BCUT2D eigenvalue weighted by molar-refractivity contribution is -0.254. The molecule has 18 heteroatoms. The Morgan fingerprint density at radius 1 is 0.639 bits per heavy atom. The standard InChI is InChI=1S/C8H15NO7.5C2H4O2/c10-1-3-6(13)7(14)5(8(15)16-3)9-4(12)2-11;5*1-2(3)4/h3,5-8,10-11,13-15H,1-2H2,(H,9,12);5*1H3,(H,3,4)/t3-,5+,6-,7-,8?;;;;;/m1...../s1. The summed E-state index contributed by atoms with van der Waals surface area (Å²) in [6.07, 6.45) is -5.60. The molecule has 0 bridgehead atoms. The number of rotatable bonds is 3. The Labute approximate surface area is 205 Å². The molecule has 1 heterocycles. The summed E-state index contributed by atoms with van der Waals surface area (Å²) < 4.78 is 4.78. The molecule has 0 aromatic carbocycles. The lowest BCUT2D eigenvalue weighted by atomic mass is 9.97. The van der Waals surface area contributed by atoms with Gasteiger partial charge in [-0.3, -0.25) is 28.8 Å². The molecule has 11 N–H and O–H groups in total. The average Bonchev–Trinajstić information content (AvgIpc) is 2.65. The third-order valence-electron chi connectivity index (χ3n) is 2.37. The maximum absolute atomic E-state index is 10.9. The van der Waals surface area contributed by atoms with Gasteiger partial charge >= 0.3 is 0 Å². The molecule has 0 spiro atoms. The minimum atomic E-state index is -1.56. The molecule has 18 nitrogen and oxygen atoms in total. The zero-order chi connectivity index (χ0) is 30.2. The van der Waals surface area contributed by atoms with Gasteiger partial charge in [-0.25, -0.2) is 0 Å². The van der Waals surface area contributed by atoms with Crippen LogP contribution in [0.5, 0.6) is 0 Å². The average molecular weight is 537 g/mol. The summed E-state index contributed by atoms with van der Waals surface area (Å²) in [6.45, 7) is 4.03. The number of aliphatic carboxylic acids is 5. The summed E-state index contributed by atoms with van der Waals surface area (Å²) in [4.78, 5) is 55.9. The van der Waals surface area contributed by atoms with Gasteiger partial charge in [0, 0.05) is 34.6 Å². The first-order chi connectivity index (χ1) is 16.2. The Balaban J connectivity index is -0.000000131. The number of carboxylic acids is 5. The van der Waals surface area contributed by atoms with Gasteiger partial charge in [-0.2, -0.15) is 0 Å². The van der Waals surface area contributed by atoms with Crippen LogP contribution in [0.4, 0.5) is 0 Å². The summed E-state index contributed by atoms with van der Waals surface area (Å²) in [7, 11) is 0. The highest BCUT2D eigenvalue weighted by molar-refractivity contribution is 5.77. The molecule has 0 aromatic heterocycles. The van der Waals surface area contributed by atoms with E-state index in [2.05, 4.69) is 5.32 Å². The molecule has 1 aliphatic heterocycles. The second kappa shape index (κ2) is 26.2. The SMILES string of the molecule is CC(=O)O.CC(=O)O.CC(=O)O.CC(=O)O.CC(=O)O.O=C(CO)N[C@@H]1C(O)O[C@H](CO)[C@@H](O)[C@@H]1O. The summed E-state index contributed by atoms with van der Waals surface area (Å²) in [5.74, 6) is -4.98. The molecule has 1 saturated heterocycles. The van der Waals surface area contributed by atoms with Gasteiger partial charge in [0.15, 0.2) is 6.29 Å². The summed E-state index contributed by atoms with van der Waals surface area (Å²) >= 11 is 0. The summed E-state index contributed by atoms with van der Waals surface area (Å²) in [5, 5.41) is 84.8. The number of amides is 1. The molecule has 0 saturated carbocycles. The maximum Gasteiger partial charge on any atom is 0.300 e. The van der Waals surface area contributed by atoms with E-state index in [1.807, 2.05) is 0 Å². The Kier molecular flexibility index (Phi) is 31.1. The maximum atomic E-state index is 10.9. The molecule has 0 aliphatic carbocycles. The van der Waals surface area contributed by atoms with E-state index >= 15 is 0 Å². The van der Waals surface area contributed by atoms with E-state index in [0.29, 0.717) is 0 Å². The fourth-order valence-corrected chi connectivity index (χ4v) is 1.48. The van der Waals surface area contributed by atoms with Crippen molar-refractivity contribution in [1.82, 2.24) is 5.32 Å². The predicted molar refractivity (Wildman–Crippen MR) is 116 cm³/mol. The minimum absolute atomic E-state index is 0.573. The van der Waals surface area contributed by atoms with Gasteiger partial charge in [0.2, 0.25) is 5.91 Å². The van der Waals surface area contributed by atoms with Crippen molar-refractivity contribution in [2.45, 2.75) is 65.3 Å². The summed E-state index contributed by atoms with van der Waals surface area (Å²) in [5.41, 5.74) is 0. The van der Waals surface area contributed by atoms with E-state index in [0.717, 1.165) is 34.6 Å². The normalized spacial score (nSPS) is 21.0. The molecule has 5 atom stereocenters. The second-order valence-electron chi connectivity index (χ2n) is 6.08. The van der Waals surface area contributed by atoms with E-state index in [-0.39, 0.29) is 0 Å². The number of hydrogen-bond donors (Lipinski definition) is 11. The molecule has 0 radical (unpaired) electrons. The fraction of sp³-hybridized carbons (Fsp3) is 0.667. The number of carbonyl (C=O) groups excluding carboxylic acids is 1. The number of hydrogen-bond acceptors (Lipinski definition) is 12. The molecular weight excluding hydrogens is 502 g/mol. The minimum Gasteiger partial charge on any atom is -0.481 e. The smallest absolute Gasteiger partial charge is 0.300 e. The van der Waals surface area contributed by atoms with Crippen LogP contribution in [0.2, 0.25) is 0 Å². The molecule has 1 rings (SSSR count). The highest BCUT2D eigenvalue weighted by atomic mass is 16.6. The van der Waals surface area contributed by atoms with Gasteiger partial charge in [0.1, 0.15) is 31.0 Å². The van der Waals surface area contributed by atoms with Crippen molar-refractivity contribution in [2.75, 3.05) is 13.2 Å². The van der Waals surface area contributed by atoms with Gasteiger partial charge in [-0.15, -0.1) is 0 Å². The van der Waals surface area contributed by atoms with Crippen LogP contribution >= 0.6 is 0 Å². The van der Waals surface area contributed by atoms with Crippen molar-refractivity contribution in [3.63, 3.8) is 0 Å². The van der Waals surface area contributed by atoms with Crippen molar-refractivity contribution >= 4 is 35.8 Å². The summed E-state index contributed by atoms with van der Waals surface area (Å²) in [6, 6.07) is -1.25. The van der Waals surface area contributed by atoms with Crippen LogP contribution in [0, 0.1) is 0 Å². The molecule has 36 heavy (non-hydrogen) atoms. The second-order valence-corrected chi connectivity index (χ2v) is 6.08. The van der Waals surface area contributed by atoms with Crippen molar-refractivity contribution in [3.8, 4) is 0 Å². The fourth-order valence-electron chi connectivity index (χ4n) is 1.48. The van der Waals surface area contributed by atoms with E-state index in [1.54, 1.807) is 0 Å². The quantitative estimate of drug-likeness (QED) is 0.165. The lowest BCUT2D eigenvalue weighted by Gasteiger charge is -2.40. The van der Waals surface area contributed by atoms with Gasteiger partial charge < -0.3 is 61.1 Å². The monoisotopic (exact) mass is 537 g/mol. The molecule has 1 fully saturated rings. The van der Waals surface area contributed by atoms with E-state index < -0.39 is 79.6 Å². The molecular formula is C18H35NO17. The molecule has 1 amide bonds. The van der Waals surface area contributed by atoms with Crippen LogP contribution in [-0.4, -0.2) is 131 Å². The first kappa shape index (κ1) is 42.7. The number of carboxylic acid groups (broad SMARTS) is 5. The van der Waals surface area contributed by atoms with Crippen LogP contribution in [0.3, 0.4) is 0 Å². The number of aliphatic hydroxyl groups excluding tert-OH is 5. The number of carbonyl (C=O) groups is 6. The van der Waals surface area contributed by atoms with Crippen LogP contribution < -0.4 is 5.32 Å². The van der Waals surface area contributed by atoms with Crippen molar-refractivity contribution < 1.29 is 84.6 Å². The first-order valence-corrected chi connectivity index (χ1v) is 9.36. The van der Waals surface area contributed by atoms with Gasteiger partial charge in [-0.05, 0) is 0 Å². The Hall–Kier alpha value is -3.42. The largest absolute Gasteiger partial charge is 0.481 e. The third-order valence-corrected chi connectivity index (χ3v) is 2.37. The van der Waals surface area contributed by atoms with Gasteiger partial charge in [0.05, 0.1) is 6.61 Å². The Bertz CT molecular complexity index is 564. The van der Waals surface area contributed by atoms with E-state index in [4.69, 9.17) is 64.5 Å². The van der Waals surface area contributed by atoms with Gasteiger partial charge in [0.25, 0.3) is 29.8 Å².